The van der Waals surface area contributed by atoms with Gasteiger partial charge in [0.2, 0.25) is 5.91 Å². The van der Waals surface area contributed by atoms with Crippen LogP contribution in [0.15, 0.2) is 12.2 Å². The Morgan fingerprint density at radius 1 is 0.773 bits per heavy atom. The van der Waals surface area contributed by atoms with E-state index < -0.39 is 0 Å². The maximum absolute atomic E-state index is 10.8. The first-order valence-electron chi connectivity index (χ1n) is 9.16. The van der Waals surface area contributed by atoms with Crippen molar-refractivity contribution in [2.24, 2.45) is 5.73 Å². The second kappa shape index (κ2) is 15.1. The van der Waals surface area contributed by atoms with Crippen LogP contribution in [0.1, 0.15) is 83.5 Å². The van der Waals surface area contributed by atoms with Gasteiger partial charge in [0.05, 0.1) is 0 Å². The molecule has 0 aliphatic heterocycles. The smallest absolute Gasteiger partial charge is 0.244 e. The number of unbranched alkanes of at least 4 members (excludes halogenated alkanes) is 11. The molecule has 0 spiro atoms. The highest BCUT2D eigenvalue weighted by atomic mass is 16.1. The summed E-state index contributed by atoms with van der Waals surface area (Å²) in [5, 5.41) is 0. The molecule has 1 amide bonds. The fraction of sp³-hybridized carbons (Fsp3) is 0.842. The van der Waals surface area contributed by atoms with E-state index in [2.05, 4.69) is 25.6 Å². The lowest BCUT2D eigenvalue weighted by molar-refractivity contribution is -0.114. The summed E-state index contributed by atoms with van der Waals surface area (Å²) in [5.41, 5.74) is 5.73. The van der Waals surface area contributed by atoms with Crippen molar-refractivity contribution >= 4 is 5.91 Å². The van der Waals surface area contributed by atoms with Gasteiger partial charge in [-0.15, -0.1) is 0 Å². The molecule has 3 heteroatoms. The Morgan fingerprint density at radius 3 is 1.50 bits per heavy atom. The molecule has 0 aliphatic carbocycles. The van der Waals surface area contributed by atoms with Crippen LogP contribution in [0.3, 0.4) is 0 Å². The molecular weight excluding hydrogens is 272 g/mol. The van der Waals surface area contributed by atoms with Gasteiger partial charge in [-0.1, -0.05) is 70.8 Å². The summed E-state index contributed by atoms with van der Waals surface area (Å²) in [6.07, 6.45) is 16.7. The van der Waals surface area contributed by atoms with Crippen LogP contribution in [0.2, 0.25) is 0 Å². The largest absolute Gasteiger partial charge is 0.366 e. The van der Waals surface area contributed by atoms with Gasteiger partial charge in [-0.25, -0.2) is 0 Å². The molecule has 0 fully saturated rings. The fourth-order valence-corrected chi connectivity index (χ4v) is 2.66. The molecule has 0 unspecified atom stereocenters. The lowest BCUT2D eigenvalue weighted by atomic mass is 10.0. The lowest BCUT2D eigenvalue weighted by Gasteiger charge is -2.08. The summed E-state index contributed by atoms with van der Waals surface area (Å²) in [7, 11) is 4.29. The van der Waals surface area contributed by atoms with Gasteiger partial charge in [0.25, 0.3) is 0 Å². The van der Waals surface area contributed by atoms with Crippen LogP contribution in [0.5, 0.6) is 0 Å². The van der Waals surface area contributed by atoms with E-state index in [9.17, 15) is 4.79 Å². The van der Waals surface area contributed by atoms with Crippen molar-refractivity contribution in [1.29, 1.82) is 0 Å². The molecule has 22 heavy (non-hydrogen) atoms. The predicted molar refractivity (Wildman–Crippen MR) is 96.9 cm³/mol. The number of hydrogen-bond acceptors (Lipinski definition) is 2. The molecule has 130 valence electrons. The van der Waals surface area contributed by atoms with Crippen molar-refractivity contribution in [3.63, 3.8) is 0 Å². The summed E-state index contributed by atoms with van der Waals surface area (Å²) in [4.78, 5) is 13.1. The van der Waals surface area contributed by atoms with Gasteiger partial charge in [-0.3, -0.25) is 4.79 Å². The molecule has 3 nitrogen and oxygen atoms in total. The number of hydrogen-bond donors (Lipinski definition) is 1. The van der Waals surface area contributed by atoms with E-state index in [1.165, 1.54) is 77.2 Å². The number of carbonyl (C=O) groups is 1. The van der Waals surface area contributed by atoms with E-state index in [0.29, 0.717) is 5.57 Å². The van der Waals surface area contributed by atoms with Crippen molar-refractivity contribution in [1.82, 2.24) is 4.90 Å². The van der Waals surface area contributed by atoms with Crippen LogP contribution in [-0.4, -0.2) is 31.4 Å². The third kappa shape index (κ3) is 15.6. The van der Waals surface area contributed by atoms with Crippen LogP contribution in [-0.2, 0) is 4.79 Å². The number of nitrogens with two attached hydrogens (primary N) is 1. The molecule has 0 aromatic carbocycles. The standard InChI is InChI=1S/C19H38N2O/c1-18(19(20)22)16-14-12-10-8-6-4-5-7-9-11-13-15-17-21(2)3/h1,4-17H2,2-3H3,(H2,20,22). The zero-order valence-electron chi connectivity index (χ0n) is 15.0. The number of rotatable bonds is 16. The SMILES string of the molecule is C=C(CCCCCCCCCCCCCCN(C)C)C(N)=O. The molecule has 0 bridgehead atoms. The highest BCUT2D eigenvalue weighted by Gasteiger charge is 2.00. The summed E-state index contributed by atoms with van der Waals surface area (Å²) >= 11 is 0. The van der Waals surface area contributed by atoms with E-state index in [1.807, 2.05) is 0 Å². The average molecular weight is 311 g/mol. The van der Waals surface area contributed by atoms with Crippen LogP contribution in [0.4, 0.5) is 0 Å². The minimum atomic E-state index is -0.346. The summed E-state index contributed by atoms with van der Waals surface area (Å²) in [6.45, 7) is 4.91. The van der Waals surface area contributed by atoms with Gasteiger partial charge in [0, 0.05) is 5.57 Å². The molecule has 0 aliphatic rings. The van der Waals surface area contributed by atoms with Crippen molar-refractivity contribution in [3.8, 4) is 0 Å². The van der Waals surface area contributed by atoms with Crippen LogP contribution in [0, 0.1) is 0 Å². The van der Waals surface area contributed by atoms with Crippen LogP contribution >= 0.6 is 0 Å². The first-order chi connectivity index (χ1) is 10.5. The molecule has 2 N–H and O–H groups in total. The second-order valence-electron chi connectivity index (χ2n) is 6.76. The molecule has 0 saturated carbocycles. The Morgan fingerprint density at radius 2 is 1.14 bits per heavy atom. The highest BCUT2D eigenvalue weighted by Crippen LogP contribution is 2.13. The summed E-state index contributed by atoms with van der Waals surface area (Å²) in [6, 6.07) is 0. The third-order valence-electron chi connectivity index (χ3n) is 4.18. The van der Waals surface area contributed by atoms with E-state index in [0.717, 1.165) is 12.8 Å². The number of nitrogens with zero attached hydrogens (tertiary/aromatic N) is 1. The van der Waals surface area contributed by atoms with Gasteiger partial charge < -0.3 is 10.6 Å². The van der Waals surface area contributed by atoms with Crippen LogP contribution in [0.25, 0.3) is 0 Å². The van der Waals surface area contributed by atoms with E-state index >= 15 is 0 Å². The average Bonchev–Trinajstić information content (AvgIpc) is 2.46. The zero-order chi connectivity index (χ0) is 16.6. The predicted octanol–water partition coefficient (Wildman–Crippen LogP) is 4.66. The number of amides is 1. The molecule has 0 saturated heterocycles. The molecule has 0 radical (unpaired) electrons. The Hall–Kier alpha value is -0.830. The Bertz CT molecular complexity index is 287. The molecule has 0 atom stereocenters. The van der Waals surface area contributed by atoms with Crippen molar-refractivity contribution in [2.45, 2.75) is 83.5 Å². The fourth-order valence-electron chi connectivity index (χ4n) is 2.66. The van der Waals surface area contributed by atoms with Gasteiger partial charge >= 0.3 is 0 Å². The molecular formula is C19H38N2O. The quantitative estimate of drug-likeness (QED) is 0.333. The van der Waals surface area contributed by atoms with E-state index in [1.54, 1.807) is 0 Å². The maximum atomic E-state index is 10.8. The first-order valence-corrected chi connectivity index (χ1v) is 9.16. The van der Waals surface area contributed by atoms with Gasteiger partial charge in [-0.05, 0) is 39.9 Å². The van der Waals surface area contributed by atoms with Gasteiger partial charge in [0.1, 0.15) is 0 Å². The molecule has 0 aromatic heterocycles. The Labute approximate surface area is 138 Å². The Balaban J connectivity index is 3.08. The minimum Gasteiger partial charge on any atom is -0.366 e. The maximum Gasteiger partial charge on any atom is 0.244 e. The molecule has 0 heterocycles. The van der Waals surface area contributed by atoms with Gasteiger partial charge in [0.15, 0.2) is 0 Å². The monoisotopic (exact) mass is 310 g/mol. The second-order valence-corrected chi connectivity index (χ2v) is 6.76. The molecule has 0 rings (SSSR count). The number of primary amides is 1. The zero-order valence-corrected chi connectivity index (χ0v) is 15.0. The van der Waals surface area contributed by atoms with Crippen LogP contribution < -0.4 is 5.73 Å². The van der Waals surface area contributed by atoms with Crippen molar-refractivity contribution in [3.05, 3.63) is 12.2 Å². The van der Waals surface area contributed by atoms with E-state index in [-0.39, 0.29) is 5.91 Å². The number of carbonyl (C=O) groups excluding carboxylic acids is 1. The highest BCUT2D eigenvalue weighted by molar-refractivity contribution is 5.91. The third-order valence-corrected chi connectivity index (χ3v) is 4.18. The summed E-state index contributed by atoms with van der Waals surface area (Å²) < 4.78 is 0. The summed E-state index contributed by atoms with van der Waals surface area (Å²) in [5.74, 6) is -0.346. The van der Waals surface area contributed by atoms with Gasteiger partial charge in [-0.2, -0.15) is 0 Å². The van der Waals surface area contributed by atoms with E-state index in [4.69, 9.17) is 5.73 Å². The van der Waals surface area contributed by atoms with Crippen molar-refractivity contribution < 1.29 is 4.79 Å². The normalized spacial score (nSPS) is 11.0. The molecule has 0 aromatic rings. The topological polar surface area (TPSA) is 46.3 Å². The Kier molecular flexibility index (Phi) is 14.5. The van der Waals surface area contributed by atoms with Crippen molar-refractivity contribution in [2.75, 3.05) is 20.6 Å². The minimum absolute atomic E-state index is 0.346. The lowest BCUT2D eigenvalue weighted by Crippen LogP contribution is -2.12. The first kappa shape index (κ1) is 21.2.